The van der Waals surface area contributed by atoms with Gasteiger partial charge in [0.2, 0.25) is 12.1 Å². The summed E-state index contributed by atoms with van der Waals surface area (Å²) in [6.45, 7) is 9.48. The fraction of sp³-hybridized carbons (Fsp3) is 0.364. The van der Waals surface area contributed by atoms with Crippen LogP contribution in [0.4, 0.5) is 23.0 Å². The van der Waals surface area contributed by atoms with E-state index < -0.39 is 0 Å². The first-order valence-electron chi connectivity index (χ1n) is 10.4. The van der Waals surface area contributed by atoms with Gasteiger partial charge in [0.25, 0.3) is 0 Å². The highest BCUT2D eigenvalue weighted by Gasteiger charge is 2.68. The average Bonchev–Trinajstić information content (AvgIpc) is 3.14. The van der Waals surface area contributed by atoms with Crippen LogP contribution in [0.1, 0.15) is 40.5 Å². The Balaban J connectivity index is 1.86. The molecule has 29 heavy (non-hydrogen) atoms. The normalized spacial score (nSPS) is 24.9. The van der Waals surface area contributed by atoms with Crippen molar-refractivity contribution in [2.75, 3.05) is 9.62 Å². The molecule has 0 spiro atoms. The van der Waals surface area contributed by atoms with Crippen LogP contribution in [0.25, 0.3) is 0 Å². The number of hydrogen-bond donors (Lipinski definition) is 0. The predicted octanol–water partition coefficient (Wildman–Crippen LogP) is 4.25. The number of anilines is 4. The Morgan fingerprint density at radius 3 is 2.31 bits per heavy atom. The molecule has 2 aliphatic rings. The van der Waals surface area contributed by atoms with Crippen LogP contribution in [0.2, 0.25) is 5.31 Å². The van der Waals surface area contributed by atoms with Gasteiger partial charge in [0.05, 0.1) is 11.2 Å². The Hall–Kier alpha value is -2.96. The van der Waals surface area contributed by atoms with Crippen LogP contribution in [0.5, 0.6) is 0 Å². The average molecular weight is 385 g/mol. The van der Waals surface area contributed by atoms with Crippen LogP contribution in [-0.2, 0) is 5.54 Å². The van der Waals surface area contributed by atoms with Gasteiger partial charge >= 0.3 is 6.98 Å². The van der Waals surface area contributed by atoms with Crippen molar-refractivity contribution in [3.05, 3.63) is 61.4 Å². The summed E-state index contributed by atoms with van der Waals surface area (Å²) < 4.78 is 2.38. The largest absolute Gasteiger partial charge is 0.477 e. The van der Waals surface area contributed by atoms with E-state index >= 15 is 0 Å². The molecule has 2 atom stereocenters. The van der Waals surface area contributed by atoms with Gasteiger partial charge in [-0.05, 0) is 38.0 Å². The van der Waals surface area contributed by atoms with Crippen LogP contribution in [0.15, 0.2) is 61.4 Å². The Bertz CT molecular complexity index is 1060. The summed E-state index contributed by atoms with van der Waals surface area (Å²) >= 11 is 0. The van der Waals surface area contributed by atoms with E-state index in [2.05, 4.69) is 87.2 Å². The molecule has 0 radical (unpaired) electrons. The molecule has 0 bridgehead atoms. The third kappa shape index (κ3) is 2.18. The van der Waals surface area contributed by atoms with Gasteiger partial charge in [-0.1, -0.05) is 32.9 Å². The second-order valence-electron chi connectivity index (χ2n) is 8.38. The third-order valence-corrected chi connectivity index (χ3v) is 7.44. The number of para-hydroxylation sites is 2. The molecule has 0 N–H and O–H groups in total. The van der Waals surface area contributed by atoms with Gasteiger partial charge < -0.3 is 4.81 Å². The lowest BCUT2D eigenvalue weighted by atomic mass is 9.39. The lowest BCUT2D eigenvalue weighted by molar-refractivity contribution is -0.761. The second-order valence-corrected chi connectivity index (χ2v) is 8.38. The summed E-state index contributed by atoms with van der Waals surface area (Å²) in [5.74, 6) is 2.10. The van der Waals surface area contributed by atoms with Gasteiger partial charge in [-0.2, -0.15) is 0 Å². The van der Waals surface area contributed by atoms with Crippen molar-refractivity contribution < 1.29 is 4.57 Å². The Labute approximate surface area is 172 Å². The molecule has 7 heteroatoms. The van der Waals surface area contributed by atoms with Crippen LogP contribution in [-0.4, -0.2) is 21.9 Å². The second kappa shape index (κ2) is 6.27. The van der Waals surface area contributed by atoms with Crippen molar-refractivity contribution in [2.24, 2.45) is 0 Å². The lowest BCUT2D eigenvalue weighted by Crippen LogP contribution is -2.74. The Kier molecular flexibility index (Phi) is 3.91. The quantitative estimate of drug-likeness (QED) is 0.499. The zero-order valence-corrected chi connectivity index (χ0v) is 17.4. The van der Waals surface area contributed by atoms with E-state index in [0.29, 0.717) is 0 Å². The van der Waals surface area contributed by atoms with Crippen molar-refractivity contribution in [2.45, 2.75) is 51.4 Å². The molecule has 2 unspecified atom stereocenters. The first kappa shape index (κ1) is 18.1. The maximum absolute atomic E-state index is 4.65. The summed E-state index contributed by atoms with van der Waals surface area (Å²) in [7, 11) is 0. The van der Waals surface area contributed by atoms with E-state index in [9.17, 15) is 0 Å². The topological polar surface area (TPSA) is 49.0 Å². The van der Waals surface area contributed by atoms with Crippen molar-refractivity contribution in [1.82, 2.24) is 15.0 Å². The van der Waals surface area contributed by atoms with Gasteiger partial charge in [-0.3, -0.25) is 4.81 Å². The molecule has 5 rings (SSSR count). The molecule has 3 aromatic rings. The molecule has 2 aromatic heterocycles. The summed E-state index contributed by atoms with van der Waals surface area (Å²) in [6.07, 6.45) is 9.39. The van der Waals surface area contributed by atoms with E-state index in [1.54, 1.807) is 6.33 Å². The van der Waals surface area contributed by atoms with Crippen LogP contribution >= 0.6 is 0 Å². The van der Waals surface area contributed by atoms with Crippen LogP contribution in [0.3, 0.4) is 0 Å². The number of nitrogens with zero attached hydrogens (tertiary/aromatic N) is 6. The summed E-state index contributed by atoms with van der Waals surface area (Å²) in [5, 5.41) is -0.0631. The minimum atomic E-state index is -0.0974. The molecule has 0 saturated heterocycles. The summed E-state index contributed by atoms with van der Waals surface area (Å²) in [4.78, 5) is 18.2. The summed E-state index contributed by atoms with van der Waals surface area (Å²) in [6, 6.07) is 12.8. The minimum Gasteiger partial charge on any atom is -0.332 e. The van der Waals surface area contributed by atoms with Crippen molar-refractivity contribution in [3.8, 4) is 0 Å². The van der Waals surface area contributed by atoms with Crippen molar-refractivity contribution in [1.29, 1.82) is 0 Å². The van der Waals surface area contributed by atoms with Gasteiger partial charge in [-0.15, -0.1) is 4.98 Å². The monoisotopic (exact) mass is 385 g/mol. The van der Waals surface area contributed by atoms with Gasteiger partial charge in [0.1, 0.15) is 24.0 Å². The smallest absolute Gasteiger partial charge is 0.332 e. The molecule has 2 aliphatic heterocycles. The van der Waals surface area contributed by atoms with Crippen LogP contribution in [0, 0.1) is 0 Å². The third-order valence-electron chi connectivity index (χ3n) is 7.44. The van der Waals surface area contributed by atoms with E-state index in [1.165, 1.54) is 17.2 Å². The van der Waals surface area contributed by atoms with Crippen molar-refractivity contribution in [3.63, 3.8) is 0 Å². The molecule has 0 fully saturated rings. The molecule has 1 aromatic carbocycles. The van der Waals surface area contributed by atoms with Gasteiger partial charge in [0, 0.05) is 17.6 Å². The Morgan fingerprint density at radius 2 is 1.66 bits per heavy atom. The number of fused-ring (bicyclic) bond motifs is 5. The van der Waals surface area contributed by atoms with E-state index in [-0.39, 0.29) is 17.8 Å². The number of aromatic nitrogens is 4. The van der Waals surface area contributed by atoms with Gasteiger partial charge in [-0.25, -0.2) is 14.5 Å². The first-order valence-corrected chi connectivity index (χ1v) is 10.4. The summed E-state index contributed by atoms with van der Waals surface area (Å²) in [5.41, 5.74) is 2.29. The van der Waals surface area contributed by atoms with Crippen LogP contribution < -0.4 is 14.2 Å². The number of hydrogen-bond acceptors (Lipinski definition) is 5. The van der Waals surface area contributed by atoms with Crippen molar-refractivity contribution >= 4 is 30.0 Å². The number of rotatable bonds is 3. The molecule has 4 heterocycles. The number of benzene rings is 1. The highest BCUT2D eigenvalue weighted by Crippen LogP contribution is 2.60. The highest BCUT2D eigenvalue weighted by molar-refractivity contribution is 6.76. The molecule has 6 nitrogen and oxygen atoms in total. The zero-order valence-electron chi connectivity index (χ0n) is 17.4. The minimum absolute atomic E-state index is 0.0631. The molecule has 0 amide bonds. The molecular formula is C22H26BN6+. The fourth-order valence-corrected chi connectivity index (χ4v) is 5.37. The highest BCUT2D eigenvalue weighted by atomic mass is 15.4. The standard InChI is InChI=1S/C22H26BN6/c1-5-21(3)22(4,6-2)27-16-25-14-12-20(27)29-18-10-8-7-9-17(18)28(23(21)29)19-11-13-24-15-26-19/h7-16H,5-6H2,1-4H3/q+1. The molecule has 0 aliphatic carbocycles. The predicted molar refractivity (Wildman–Crippen MR) is 116 cm³/mol. The SMILES string of the molecule is CCC1(C)B2N(c3ccncn3)c3ccccc3N2c2ccnc[n+]2C1(C)CC. The van der Waals surface area contributed by atoms with Gasteiger partial charge in [0.15, 0.2) is 0 Å². The zero-order chi connectivity index (χ0) is 20.2. The molecule has 0 saturated carbocycles. The fourth-order valence-electron chi connectivity index (χ4n) is 5.37. The Morgan fingerprint density at radius 1 is 0.931 bits per heavy atom. The maximum atomic E-state index is 4.65. The maximum Gasteiger partial charge on any atom is 0.477 e. The molecule has 146 valence electrons. The van der Waals surface area contributed by atoms with E-state index in [1.807, 2.05) is 24.8 Å². The van der Waals surface area contributed by atoms with E-state index in [0.717, 1.165) is 18.7 Å². The molecular weight excluding hydrogens is 359 g/mol. The first-order chi connectivity index (χ1) is 14.1. The van der Waals surface area contributed by atoms with E-state index in [4.69, 9.17) is 0 Å². The lowest BCUT2D eigenvalue weighted by Gasteiger charge is -2.52.